The molecule has 1 unspecified atom stereocenters. The largest absolute Gasteiger partial charge is 0.446 e. The van der Waals surface area contributed by atoms with Crippen molar-refractivity contribution in [3.05, 3.63) is 34.9 Å². The molecule has 0 aromatic heterocycles. The minimum atomic E-state index is -1.28. The minimum Gasteiger partial charge on any atom is -0.446 e. The highest BCUT2D eigenvalue weighted by Gasteiger charge is 2.41. The summed E-state index contributed by atoms with van der Waals surface area (Å²) in [5.74, 6) is -1.48. The normalized spacial score (nSPS) is 18.5. The zero-order chi connectivity index (χ0) is 11.9. The SMILES string of the molecule is CC(=O)OC1C(=O)c2cccc(C)c2C1=O. The number of hydrogen-bond donors (Lipinski definition) is 0. The van der Waals surface area contributed by atoms with Crippen LogP contribution in [0.5, 0.6) is 0 Å². The van der Waals surface area contributed by atoms with Gasteiger partial charge in [0.25, 0.3) is 0 Å². The lowest BCUT2D eigenvalue weighted by Crippen LogP contribution is -2.27. The van der Waals surface area contributed by atoms with Crippen LogP contribution in [0.3, 0.4) is 0 Å². The van der Waals surface area contributed by atoms with E-state index >= 15 is 0 Å². The fourth-order valence-electron chi connectivity index (χ4n) is 1.86. The number of fused-ring (bicyclic) bond motifs is 1. The van der Waals surface area contributed by atoms with Gasteiger partial charge in [-0.1, -0.05) is 18.2 Å². The topological polar surface area (TPSA) is 60.4 Å². The zero-order valence-electron chi connectivity index (χ0n) is 8.94. The Morgan fingerprint density at radius 1 is 1.25 bits per heavy atom. The van der Waals surface area contributed by atoms with Crippen LogP contribution in [0, 0.1) is 6.92 Å². The van der Waals surface area contributed by atoms with Crippen molar-refractivity contribution in [2.24, 2.45) is 0 Å². The monoisotopic (exact) mass is 218 g/mol. The molecule has 4 heteroatoms. The van der Waals surface area contributed by atoms with E-state index in [4.69, 9.17) is 4.74 Å². The van der Waals surface area contributed by atoms with E-state index in [1.807, 2.05) is 0 Å². The first kappa shape index (κ1) is 10.5. The first-order valence-corrected chi connectivity index (χ1v) is 4.87. The van der Waals surface area contributed by atoms with Crippen LogP contribution in [-0.2, 0) is 9.53 Å². The predicted octanol–water partition coefficient (Wildman–Crippen LogP) is 1.31. The van der Waals surface area contributed by atoms with Crippen molar-refractivity contribution in [3.63, 3.8) is 0 Å². The van der Waals surface area contributed by atoms with Crippen LogP contribution in [0.15, 0.2) is 18.2 Å². The highest BCUT2D eigenvalue weighted by Crippen LogP contribution is 2.26. The lowest BCUT2D eigenvalue weighted by Gasteiger charge is -2.06. The molecule has 2 rings (SSSR count). The van der Waals surface area contributed by atoms with E-state index in [0.29, 0.717) is 11.1 Å². The Kier molecular flexibility index (Phi) is 2.34. The zero-order valence-corrected chi connectivity index (χ0v) is 8.94. The van der Waals surface area contributed by atoms with Gasteiger partial charge in [-0.25, -0.2) is 0 Å². The van der Waals surface area contributed by atoms with Crippen molar-refractivity contribution in [2.45, 2.75) is 20.0 Å². The van der Waals surface area contributed by atoms with Crippen molar-refractivity contribution in [2.75, 3.05) is 0 Å². The molecule has 0 bridgehead atoms. The maximum absolute atomic E-state index is 11.9. The average Bonchev–Trinajstić information content (AvgIpc) is 2.44. The molecular formula is C12H10O4. The van der Waals surface area contributed by atoms with Crippen LogP contribution in [0.2, 0.25) is 0 Å². The molecule has 4 nitrogen and oxygen atoms in total. The van der Waals surface area contributed by atoms with E-state index in [9.17, 15) is 14.4 Å². The molecule has 0 spiro atoms. The number of hydrogen-bond acceptors (Lipinski definition) is 4. The summed E-state index contributed by atoms with van der Waals surface area (Å²) in [5.41, 5.74) is 1.44. The summed E-state index contributed by atoms with van der Waals surface area (Å²) in [5, 5.41) is 0. The van der Waals surface area contributed by atoms with E-state index in [1.165, 1.54) is 6.92 Å². The molecule has 1 atom stereocenters. The van der Waals surface area contributed by atoms with Gasteiger partial charge >= 0.3 is 5.97 Å². The molecule has 0 aliphatic heterocycles. The third-order valence-electron chi connectivity index (χ3n) is 2.54. The molecule has 1 aromatic carbocycles. The Bertz CT molecular complexity index is 502. The van der Waals surface area contributed by atoms with Crippen molar-refractivity contribution >= 4 is 17.5 Å². The fourth-order valence-corrected chi connectivity index (χ4v) is 1.86. The van der Waals surface area contributed by atoms with E-state index in [1.54, 1.807) is 25.1 Å². The number of benzene rings is 1. The molecule has 0 fully saturated rings. The van der Waals surface area contributed by atoms with Crippen molar-refractivity contribution in [1.82, 2.24) is 0 Å². The van der Waals surface area contributed by atoms with Gasteiger partial charge in [0, 0.05) is 18.1 Å². The quantitative estimate of drug-likeness (QED) is 0.526. The summed E-state index contributed by atoms with van der Waals surface area (Å²) in [6.45, 7) is 2.93. The molecule has 0 saturated heterocycles. The molecule has 0 radical (unpaired) electrons. The molecular weight excluding hydrogens is 208 g/mol. The standard InChI is InChI=1S/C12H10O4/c1-6-4-3-5-8-9(6)11(15)12(10(8)14)16-7(2)13/h3-5,12H,1-2H3. The fraction of sp³-hybridized carbons (Fsp3) is 0.250. The molecule has 0 N–H and O–H groups in total. The molecule has 1 aliphatic carbocycles. The second kappa shape index (κ2) is 3.56. The second-order valence-corrected chi connectivity index (χ2v) is 3.72. The summed E-state index contributed by atoms with van der Waals surface area (Å²) in [6, 6.07) is 5.03. The van der Waals surface area contributed by atoms with E-state index in [-0.39, 0.29) is 0 Å². The van der Waals surface area contributed by atoms with Crippen molar-refractivity contribution in [3.8, 4) is 0 Å². The summed E-state index contributed by atoms with van der Waals surface area (Å²) < 4.78 is 4.74. The van der Waals surface area contributed by atoms with E-state index in [2.05, 4.69) is 0 Å². The van der Waals surface area contributed by atoms with Gasteiger partial charge in [0.15, 0.2) is 0 Å². The maximum atomic E-state index is 11.9. The maximum Gasteiger partial charge on any atom is 0.303 e. The molecule has 82 valence electrons. The van der Waals surface area contributed by atoms with Crippen LogP contribution >= 0.6 is 0 Å². The summed E-state index contributed by atoms with van der Waals surface area (Å²) in [7, 11) is 0. The Balaban J connectivity index is 2.48. The third-order valence-corrected chi connectivity index (χ3v) is 2.54. The summed E-state index contributed by atoms with van der Waals surface area (Å²) in [4.78, 5) is 34.5. The first-order chi connectivity index (χ1) is 7.52. The van der Waals surface area contributed by atoms with Crippen LogP contribution in [0.4, 0.5) is 0 Å². The smallest absolute Gasteiger partial charge is 0.303 e. The van der Waals surface area contributed by atoms with Gasteiger partial charge in [-0.3, -0.25) is 14.4 Å². The van der Waals surface area contributed by atoms with Gasteiger partial charge in [-0.05, 0) is 12.5 Å². The minimum absolute atomic E-state index is 0.344. The molecule has 1 aromatic rings. The van der Waals surface area contributed by atoms with Gasteiger partial charge in [0.05, 0.1) is 0 Å². The number of carbonyl (C=O) groups is 3. The van der Waals surface area contributed by atoms with Crippen LogP contribution < -0.4 is 0 Å². The number of aryl methyl sites for hydroxylation is 1. The summed E-state index contributed by atoms with van der Waals surface area (Å²) >= 11 is 0. The Hall–Kier alpha value is -1.97. The van der Waals surface area contributed by atoms with Crippen LogP contribution in [0.1, 0.15) is 33.2 Å². The van der Waals surface area contributed by atoms with Crippen molar-refractivity contribution < 1.29 is 19.1 Å². The molecule has 16 heavy (non-hydrogen) atoms. The molecule has 0 amide bonds. The van der Waals surface area contributed by atoms with Gasteiger partial charge in [0.2, 0.25) is 17.7 Å². The highest BCUT2D eigenvalue weighted by atomic mass is 16.5. The molecule has 0 heterocycles. The first-order valence-electron chi connectivity index (χ1n) is 4.87. The lowest BCUT2D eigenvalue weighted by atomic mass is 10.0. The van der Waals surface area contributed by atoms with Crippen molar-refractivity contribution in [1.29, 1.82) is 0 Å². The number of ketones is 2. The van der Waals surface area contributed by atoms with Gasteiger partial charge in [0.1, 0.15) is 0 Å². The Labute approximate surface area is 92.2 Å². The van der Waals surface area contributed by atoms with Crippen LogP contribution in [0.25, 0.3) is 0 Å². The summed E-state index contributed by atoms with van der Waals surface area (Å²) in [6.07, 6.45) is -1.28. The third kappa shape index (κ3) is 1.43. The number of ether oxygens (including phenoxy) is 1. The average molecular weight is 218 g/mol. The second-order valence-electron chi connectivity index (χ2n) is 3.72. The van der Waals surface area contributed by atoms with Gasteiger partial charge < -0.3 is 4.74 Å². The number of rotatable bonds is 1. The number of carbonyl (C=O) groups excluding carboxylic acids is 3. The highest BCUT2D eigenvalue weighted by molar-refractivity contribution is 6.29. The molecule has 1 aliphatic rings. The van der Waals surface area contributed by atoms with Gasteiger partial charge in [-0.2, -0.15) is 0 Å². The number of esters is 1. The number of Topliss-reactive ketones (excluding diaryl/α,β-unsaturated/α-hetero) is 2. The van der Waals surface area contributed by atoms with Gasteiger partial charge in [-0.15, -0.1) is 0 Å². The Morgan fingerprint density at radius 2 is 1.94 bits per heavy atom. The Morgan fingerprint density at radius 3 is 2.50 bits per heavy atom. The molecule has 0 saturated carbocycles. The van der Waals surface area contributed by atoms with E-state index in [0.717, 1.165) is 5.56 Å². The predicted molar refractivity (Wildman–Crippen MR) is 55.4 cm³/mol. The van der Waals surface area contributed by atoms with E-state index < -0.39 is 23.6 Å². The lowest BCUT2D eigenvalue weighted by molar-refractivity contribution is -0.142. The van der Waals surface area contributed by atoms with Crippen LogP contribution in [-0.4, -0.2) is 23.6 Å².